The third kappa shape index (κ3) is 3.90. The number of rotatable bonds is 5. The monoisotopic (exact) mass is 387 g/mol. The van der Waals surface area contributed by atoms with Gasteiger partial charge in [0, 0.05) is 18.3 Å². The van der Waals surface area contributed by atoms with E-state index in [4.69, 9.17) is 9.47 Å². The maximum Gasteiger partial charge on any atom is 0.315 e. The van der Waals surface area contributed by atoms with Gasteiger partial charge in [0.25, 0.3) is 0 Å². The average molecular weight is 387 g/mol. The molecule has 4 rings (SSSR count). The lowest BCUT2D eigenvalue weighted by molar-refractivity contribution is 0.0682. The Bertz CT molecular complexity index is 852. The molecule has 0 unspecified atom stereocenters. The van der Waals surface area contributed by atoms with Gasteiger partial charge in [-0.3, -0.25) is 0 Å². The van der Waals surface area contributed by atoms with Gasteiger partial charge in [0.2, 0.25) is 5.95 Å². The minimum Gasteiger partial charge on any atom is -0.371 e. The SMILES string of the molecule is CCNC(=O)N[C@@H]1CO[C@@H]2[C@@H]1OC[C@@H]2Nc1nccc(-c2cccc(F)c2)n1. The number of anilines is 1. The molecule has 2 aliphatic heterocycles. The summed E-state index contributed by atoms with van der Waals surface area (Å²) in [5.74, 6) is 0.0995. The molecule has 28 heavy (non-hydrogen) atoms. The smallest absolute Gasteiger partial charge is 0.315 e. The fourth-order valence-corrected chi connectivity index (χ4v) is 3.53. The van der Waals surface area contributed by atoms with Crippen LogP contribution in [0.1, 0.15) is 6.92 Å². The molecule has 4 atom stereocenters. The summed E-state index contributed by atoms with van der Waals surface area (Å²) >= 11 is 0. The molecule has 3 heterocycles. The Balaban J connectivity index is 1.42. The summed E-state index contributed by atoms with van der Waals surface area (Å²) in [6, 6.07) is 7.40. The molecule has 2 saturated heterocycles. The number of urea groups is 1. The Labute approximate surface area is 161 Å². The molecule has 3 N–H and O–H groups in total. The first kappa shape index (κ1) is 18.6. The van der Waals surface area contributed by atoms with Gasteiger partial charge in [-0.15, -0.1) is 0 Å². The minimum absolute atomic E-state index is 0.145. The average Bonchev–Trinajstić information content (AvgIpc) is 3.26. The zero-order valence-corrected chi connectivity index (χ0v) is 15.4. The molecule has 8 nitrogen and oxygen atoms in total. The van der Waals surface area contributed by atoms with E-state index in [0.717, 1.165) is 0 Å². The maximum atomic E-state index is 13.5. The highest BCUT2D eigenvalue weighted by Crippen LogP contribution is 2.29. The normalized spacial score (nSPS) is 25.9. The Morgan fingerprint density at radius 2 is 2.00 bits per heavy atom. The number of carbonyl (C=O) groups excluding carboxylic acids is 1. The van der Waals surface area contributed by atoms with Crippen LogP contribution in [0.4, 0.5) is 15.1 Å². The summed E-state index contributed by atoms with van der Waals surface area (Å²) in [6.45, 7) is 3.21. The van der Waals surface area contributed by atoms with Crippen molar-refractivity contribution >= 4 is 12.0 Å². The van der Waals surface area contributed by atoms with Crippen LogP contribution in [-0.2, 0) is 9.47 Å². The molecule has 2 aromatic rings. The number of benzene rings is 1. The Morgan fingerprint density at radius 3 is 2.79 bits per heavy atom. The van der Waals surface area contributed by atoms with Gasteiger partial charge in [-0.1, -0.05) is 12.1 Å². The Kier molecular flexibility index (Phi) is 5.36. The second kappa shape index (κ2) is 8.07. The molecule has 0 aliphatic carbocycles. The topological polar surface area (TPSA) is 97.4 Å². The second-order valence-corrected chi connectivity index (χ2v) is 6.73. The van der Waals surface area contributed by atoms with E-state index in [-0.39, 0.29) is 36.1 Å². The molecule has 148 valence electrons. The number of carbonyl (C=O) groups is 1. The third-order valence-electron chi connectivity index (χ3n) is 4.80. The standard InChI is InChI=1S/C19H22FN5O3/c1-2-21-19(26)25-15-10-28-16-14(9-27-17(15)16)24-18-22-7-6-13(23-18)11-4-3-5-12(20)8-11/h3-8,14-17H,2,9-10H2,1H3,(H2,21,25,26)(H,22,23,24)/t14-,15+,16-,17+/m0/s1. The van der Waals surface area contributed by atoms with Crippen molar-refractivity contribution in [3.8, 4) is 11.3 Å². The number of amides is 2. The Hall–Kier alpha value is -2.78. The van der Waals surface area contributed by atoms with Gasteiger partial charge >= 0.3 is 6.03 Å². The quantitative estimate of drug-likeness (QED) is 0.720. The molecule has 2 amide bonds. The first-order chi connectivity index (χ1) is 13.6. The lowest BCUT2D eigenvalue weighted by Crippen LogP contribution is -2.48. The van der Waals surface area contributed by atoms with Crippen LogP contribution in [-0.4, -0.2) is 60.0 Å². The first-order valence-electron chi connectivity index (χ1n) is 9.27. The van der Waals surface area contributed by atoms with E-state index in [0.29, 0.717) is 37.0 Å². The van der Waals surface area contributed by atoms with Crippen molar-refractivity contribution in [1.82, 2.24) is 20.6 Å². The first-order valence-corrected chi connectivity index (χ1v) is 9.27. The van der Waals surface area contributed by atoms with Gasteiger partial charge in [0.05, 0.1) is 31.0 Å². The number of hydrogen-bond donors (Lipinski definition) is 3. The summed E-state index contributed by atoms with van der Waals surface area (Å²) < 4.78 is 25.2. The number of hydrogen-bond acceptors (Lipinski definition) is 6. The van der Waals surface area contributed by atoms with Gasteiger partial charge in [-0.05, 0) is 25.1 Å². The van der Waals surface area contributed by atoms with Crippen molar-refractivity contribution in [3.63, 3.8) is 0 Å². The van der Waals surface area contributed by atoms with Crippen LogP contribution in [0, 0.1) is 5.82 Å². The number of ether oxygens (including phenoxy) is 2. The van der Waals surface area contributed by atoms with Crippen LogP contribution < -0.4 is 16.0 Å². The van der Waals surface area contributed by atoms with Crippen molar-refractivity contribution < 1.29 is 18.7 Å². The number of halogens is 1. The summed E-state index contributed by atoms with van der Waals surface area (Å²) in [6.07, 6.45) is 1.18. The predicted molar refractivity (Wildman–Crippen MR) is 100 cm³/mol. The van der Waals surface area contributed by atoms with Crippen LogP contribution >= 0.6 is 0 Å². The van der Waals surface area contributed by atoms with E-state index in [9.17, 15) is 9.18 Å². The van der Waals surface area contributed by atoms with Crippen molar-refractivity contribution in [1.29, 1.82) is 0 Å². The number of fused-ring (bicyclic) bond motifs is 1. The highest BCUT2D eigenvalue weighted by atomic mass is 19.1. The molecule has 2 aliphatic rings. The van der Waals surface area contributed by atoms with Crippen molar-refractivity contribution in [2.45, 2.75) is 31.2 Å². The number of nitrogens with zero attached hydrogens (tertiary/aromatic N) is 2. The summed E-state index contributed by atoms with van der Waals surface area (Å²) in [4.78, 5) is 20.5. The molecular weight excluding hydrogens is 365 g/mol. The zero-order chi connectivity index (χ0) is 19.5. The van der Waals surface area contributed by atoms with Crippen LogP contribution in [0.2, 0.25) is 0 Å². The predicted octanol–water partition coefficient (Wildman–Crippen LogP) is 1.55. The van der Waals surface area contributed by atoms with Gasteiger partial charge in [0.15, 0.2) is 0 Å². The number of aromatic nitrogens is 2. The maximum absolute atomic E-state index is 13.5. The van der Waals surface area contributed by atoms with Gasteiger partial charge < -0.3 is 25.4 Å². The second-order valence-electron chi connectivity index (χ2n) is 6.73. The van der Waals surface area contributed by atoms with E-state index < -0.39 is 0 Å². The van der Waals surface area contributed by atoms with Gasteiger partial charge in [-0.2, -0.15) is 0 Å². The lowest BCUT2D eigenvalue weighted by atomic mass is 10.1. The van der Waals surface area contributed by atoms with Crippen molar-refractivity contribution in [3.05, 3.63) is 42.3 Å². The molecular formula is C19H22FN5O3. The van der Waals surface area contributed by atoms with Crippen LogP contribution in [0.15, 0.2) is 36.5 Å². The Morgan fingerprint density at radius 1 is 1.21 bits per heavy atom. The summed E-state index contributed by atoms with van der Waals surface area (Å²) in [5.41, 5.74) is 1.30. The van der Waals surface area contributed by atoms with Crippen LogP contribution in [0.5, 0.6) is 0 Å². The van der Waals surface area contributed by atoms with E-state index in [1.165, 1.54) is 12.1 Å². The van der Waals surface area contributed by atoms with Gasteiger partial charge in [-0.25, -0.2) is 19.2 Å². The molecule has 9 heteroatoms. The summed E-state index contributed by atoms with van der Waals surface area (Å²) in [5, 5.41) is 8.82. The number of nitrogens with one attached hydrogen (secondary N) is 3. The largest absolute Gasteiger partial charge is 0.371 e. The van der Waals surface area contributed by atoms with Gasteiger partial charge in [0.1, 0.15) is 18.0 Å². The van der Waals surface area contributed by atoms with E-state index in [2.05, 4.69) is 25.9 Å². The minimum atomic E-state index is -0.317. The molecule has 0 saturated carbocycles. The molecule has 1 aromatic carbocycles. The molecule has 0 spiro atoms. The van der Waals surface area contributed by atoms with Crippen LogP contribution in [0.25, 0.3) is 11.3 Å². The summed E-state index contributed by atoms with van der Waals surface area (Å²) in [7, 11) is 0. The molecule has 1 aromatic heterocycles. The van der Waals surface area contributed by atoms with E-state index in [1.807, 2.05) is 6.92 Å². The third-order valence-corrected chi connectivity index (χ3v) is 4.80. The van der Waals surface area contributed by atoms with E-state index in [1.54, 1.807) is 24.4 Å². The highest BCUT2D eigenvalue weighted by molar-refractivity contribution is 5.74. The fourth-order valence-electron chi connectivity index (χ4n) is 3.53. The zero-order valence-electron chi connectivity index (χ0n) is 15.4. The molecule has 0 bridgehead atoms. The highest BCUT2D eigenvalue weighted by Gasteiger charge is 2.48. The lowest BCUT2D eigenvalue weighted by Gasteiger charge is -2.18. The van der Waals surface area contributed by atoms with Crippen molar-refractivity contribution in [2.75, 3.05) is 25.1 Å². The molecule has 2 fully saturated rings. The van der Waals surface area contributed by atoms with Crippen molar-refractivity contribution in [2.24, 2.45) is 0 Å². The van der Waals surface area contributed by atoms with E-state index >= 15 is 0 Å². The molecule has 0 radical (unpaired) electrons. The fraction of sp³-hybridized carbons (Fsp3) is 0.421. The van der Waals surface area contributed by atoms with Crippen LogP contribution in [0.3, 0.4) is 0 Å².